The number of benzene rings is 1. The van der Waals surface area contributed by atoms with Gasteiger partial charge in [-0.15, -0.1) is 11.3 Å². The number of thiophene rings is 1. The average molecular weight is 264 g/mol. The molecule has 0 saturated carbocycles. The Kier molecular flexibility index (Phi) is 2.34. The molecule has 3 aromatic rings. The zero-order valence-corrected chi connectivity index (χ0v) is 10.7. The van der Waals surface area contributed by atoms with E-state index in [4.69, 9.17) is 17.3 Å². The lowest BCUT2D eigenvalue weighted by Gasteiger charge is -1.96. The van der Waals surface area contributed by atoms with Crippen molar-refractivity contribution in [1.82, 2.24) is 9.97 Å². The van der Waals surface area contributed by atoms with Crippen molar-refractivity contribution in [2.24, 2.45) is 0 Å². The molecule has 1 aromatic carbocycles. The maximum Gasteiger partial charge on any atom is 0.148 e. The second-order valence-corrected chi connectivity index (χ2v) is 5.38. The van der Waals surface area contributed by atoms with Gasteiger partial charge in [-0.1, -0.05) is 11.6 Å². The van der Waals surface area contributed by atoms with Crippen molar-refractivity contribution < 1.29 is 0 Å². The molecule has 3 N–H and O–H groups in total. The lowest BCUT2D eigenvalue weighted by molar-refractivity contribution is 1.35. The van der Waals surface area contributed by atoms with Crippen LogP contribution in [0.25, 0.3) is 21.7 Å². The Hall–Kier alpha value is -1.52. The lowest BCUT2D eigenvalue weighted by atomic mass is 10.2. The van der Waals surface area contributed by atoms with Crippen LogP contribution in [0.2, 0.25) is 5.02 Å². The Morgan fingerprint density at radius 1 is 1.29 bits per heavy atom. The largest absolute Gasteiger partial charge is 0.391 e. The Balaban J connectivity index is 2.23. The van der Waals surface area contributed by atoms with Crippen LogP contribution in [0.3, 0.4) is 0 Å². The average Bonchev–Trinajstić information content (AvgIpc) is 2.90. The van der Waals surface area contributed by atoms with Gasteiger partial charge in [-0.3, -0.25) is 0 Å². The van der Waals surface area contributed by atoms with Gasteiger partial charge in [-0.2, -0.15) is 0 Å². The smallest absolute Gasteiger partial charge is 0.148 e. The van der Waals surface area contributed by atoms with Gasteiger partial charge < -0.3 is 10.7 Å². The second-order valence-electron chi connectivity index (χ2n) is 3.86. The predicted octanol–water partition coefficient (Wildman–Crippen LogP) is 3.84. The Morgan fingerprint density at radius 3 is 2.82 bits per heavy atom. The first-order valence-corrected chi connectivity index (χ1v) is 6.35. The van der Waals surface area contributed by atoms with Crippen LogP contribution < -0.4 is 5.73 Å². The quantitative estimate of drug-likeness (QED) is 0.701. The number of aromatic nitrogens is 2. The highest BCUT2D eigenvalue weighted by Gasteiger charge is 2.10. The number of nitrogens with zero attached hydrogens (tertiary/aromatic N) is 1. The first kappa shape index (κ1) is 10.6. The van der Waals surface area contributed by atoms with Crippen LogP contribution in [0.15, 0.2) is 24.3 Å². The van der Waals surface area contributed by atoms with E-state index in [1.54, 1.807) is 0 Å². The molecular weight excluding hydrogens is 254 g/mol. The molecule has 0 fully saturated rings. The summed E-state index contributed by atoms with van der Waals surface area (Å²) in [5, 5.41) is 1.52. The first-order chi connectivity index (χ1) is 8.15. The van der Waals surface area contributed by atoms with Crippen LogP contribution in [-0.4, -0.2) is 9.97 Å². The normalized spacial score (nSPS) is 11.2. The standard InChI is InChI=1S/C12H10ClN3S/c1-6-7(13)2-3-8-11(6)16-12(15-8)9-4-5-10(14)17-9/h2-5H,14H2,1H3,(H,15,16). The van der Waals surface area contributed by atoms with E-state index in [0.717, 1.165) is 37.3 Å². The highest BCUT2D eigenvalue weighted by molar-refractivity contribution is 7.19. The van der Waals surface area contributed by atoms with Gasteiger partial charge in [0, 0.05) is 5.02 Å². The number of H-pyrrole nitrogens is 1. The number of nitrogen functional groups attached to an aromatic ring is 1. The number of fused-ring (bicyclic) bond motifs is 1. The summed E-state index contributed by atoms with van der Waals surface area (Å²) in [6, 6.07) is 7.67. The number of aromatic amines is 1. The molecule has 3 rings (SSSR count). The van der Waals surface area contributed by atoms with Gasteiger partial charge in [0.15, 0.2) is 0 Å². The van der Waals surface area contributed by atoms with E-state index < -0.39 is 0 Å². The number of nitrogens with one attached hydrogen (secondary N) is 1. The zero-order chi connectivity index (χ0) is 12.0. The molecule has 17 heavy (non-hydrogen) atoms. The van der Waals surface area contributed by atoms with Crippen LogP contribution in [0.1, 0.15) is 5.56 Å². The number of hydrogen-bond acceptors (Lipinski definition) is 3. The van der Waals surface area contributed by atoms with Crippen LogP contribution >= 0.6 is 22.9 Å². The number of imidazole rings is 1. The molecule has 3 nitrogen and oxygen atoms in total. The molecular formula is C12H10ClN3S. The minimum Gasteiger partial charge on any atom is -0.391 e. The van der Waals surface area contributed by atoms with E-state index in [0.29, 0.717) is 0 Å². The second kappa shape index (κ2) is 3.75. The van der Waals surface area contributed by atoms with E-state index in [1.807, 2.05) is 31.2 Å². The predicted molar refractivity (Wildman–Crippen MR) is 73.6 cm³/mol. The SMILES string of the molecule is Cc1c(Cl)ccc2[nH]c(-c3ccc(N)s3)nc12. The van der Waals surface area contributed by atoms with Gasteiger partial charge in [0.05, 0.1) is 20.9 Å². The number of aryl methyl sites for hydroxylation is 1. The fourth-order valence-corrected chi connectivity index (χ4v) is 2.66. The van der Waals surface area contributed by atoms with Crippen LogP contribution in [0, 0.1) is 6.92 Å². The minimum absolute atomic E-state index is 0.737. The molecule has 0 amide bonds. The third kappa shape index (κ3) is 1.69. The molecule has 0 atom stereocenters. The molecule has 2 heterocycles. The molecule has 0 aliphatic carbocycles. The van der Waals surface area contributed by atoms with Gasteiger partial charge in [0.2, 0.25) is 0 Å². The van der Waals surface area contributed by atoms with E-state index >= 15 is 0 Å². The summed E-state index contributed by atoms with van der Waals surface area (Å²) in [5.74, 6) is 0.840. The molecule has 0 bridgehead atoms. The Bertz CT molecular complexity index is 699. The van der Waals surface area contributed by atoms with E-state index in [2.05, 4.69) is 9.97 Å². The highest BCUT2D eigenvalue weighted by Crippen LogP contribution is 2.31. The third-order valence-electron chi connectivity index (χ3n) is 2.70. The lowest BCUT2D eigenvalue weighted by Crippen LogP contribution is -1.78. The number of nitrogens with two attached hydrogens (primary N) is 1. The molecule has 2 aromatic heterocycles. The molecule has 0 radical (unpaired) electrons. The van der Waals surface area contributed by atoms with Crippen molar-refractivity contribution in [1.29, 1.82) is 0 Å². The maximum atomic E-state index is 6.08. The Morgan fingerprint density at radius 2 is 2.12 bits per heavy atom. The van der Waals surface area contributed by atoms with Crippen LogP contribution in [0.4, 0.5) is 5.00 Å². The van der Waals surface area contributed by atoms with Gasteiger partial charge in [0.25, 0.3) is 0 Å². The van der Waals surface area contributed by atoms with Crippen molar-refractivity contribution in [3.8, 4) is 10.7 Å². The topological polar surface area (TPSA) is 54.7 Å². The van der Waals surface area contributed by atoms with E-state index in [-0.39, 0.29) is 0 Å². The van der Waals surface area contributed by atoms with Crippen molar-refractivity contribution in [3.05, 3.63) is 34.9 Å². The monoisotopic (exact) mass is 263 g/mol. The molecule has 0 aliphatic rings. The Labute approximate surface area is 107 Å². The van der Waals surface area contributed by atoms with Gasteiger partial charge in [0.1, 0.15) is 5.82 Å². The number of hydrogen-bond donors (Lipinski definition) is 2. The van der Waals surface area contributed by atoms with E-state index in [1.165, 1.54) is 11.3 Å². The number of rotatable bonds is 1. The van der Waals surface area contributed by atoms with Crippen molar-refractivity contribution >= 4 is 39.0 Å². The van der Waals surface area contributed by atoms with Crippen molar-refractivity contribution in [2.45, 2.75) is 6.92 Å². The summed E-state index contributed by atoms with van der Waals surface area (Å²) in [6.45, 7) is 1.97. The maximum absolute atomic E-state index is 6.08. The summed E-state index contributed by atoms with van der Waals surface area (Å²) in [5.41, 5.74) is 8.63. The van der Waals surface area contributed by atoms with Gasteiger partial charge >= 0.3 is 0 Å². The van der Waals surface area contributed by atoms with Gasteiger partial charge in [-0.25, -0.2) is 4.98 Å². The minimum atomic E-state index is 0.737. The van der Waals surface area contributed by atoms with E-state index in [9.17, 15) is 0 Å². The molecule has 86 valence electrons. The summed E-state index contributed by atoms with van der Waals surface area (Å²) >= 11 is 7.59. The summed E-state index contributed by atoms with van der Waals surface area (Å²) < 4.78 is 0. The van der Waals surface area contributed by atoms with Crippen molar-refractivity contribution in [3.63, 3.8) is 0 Å². The molecule has 0 unspecified atom stereocenters. The summed E-state index contributed by atoms with van der Waals surface area (Å²) in [4.78, 5) is 8.89. The van der Waals surface area contributed by atoms with Crippen LogP contribution in [-0.2, 0) is 0 Å². The highest BCUT2D eigenvalue weighted by atomic mass is 35.5. The number of halogens is 1. The van der Waals surface area contributed by atoms with Gasteiger partial charge in [-0.05, 0) is 36.8 Å². The fourth-order valence-electron chi connectivity index (χ4n) is 1.78. The third-order valence-corrected chi connectivity index (χ3v) is 4.03. The molecule has 5 heteroatoms. The summed E-state index contributed by atoms with van der Waals surface area (Å²) in [6.07, 6.45) is 0. The van der Waals surface area contributed by atoms with Crippen LogP contribution in [0.5, 0.6) is 0 Å². The fraction of sp³-hybridized carbons (Fsp3) is 0.0833. The molecule has 0 aliphatic heterocycles. The molecule has 0 saturated heterocycles. The first-order valence-electron chi connectivity index (χ1n) is 5.15. The number of anilines is 1. The molecule has 0 spiro atoms. The summed E-state index contributed by atoms with van der Waals surface area (Å²) in [7, 11) is 0. The zero-order valence-electron chi connectivity index (χ0n) is 9.12. The van der Waals surface area contributed by atoms with Crippen molar-refractivity contribution in [2.75, 3.05) is 5.73 Å².